The minimum Gasteiger partial charge on any atom is -0.393 e. The smallest absolute Gasteiger partial charge is 0.225 e. The van der Waals surface area contributed by atoms with Crippen molar-refractivity contribution < 1.29 is 5.11 Å². The van der Waals surface area contributed by atoms with Crippen LogP contribution < -0.4 is 0 Å². The van der Waals surface area contributed by atoms with Crippen molar-refractivity contribution in [2.45, 2.75) is 57.6 Å². The average molecular weight is 371 g/mol. The lowest BCUT2D eigenvalue weighted by Crippen LogP contribution is -2.22. The molecule has 5 nitrogen and oxygen atoms in total. The van der Waals surface area contributed by atoms with Gasteiger partial charge in [-0.05, 0) is 48.8 Å². The molecule has 0 aliphatic heterocycles. The molecule has 0 bridgehead atoms. The summed E-state index contributed by atoms with van der Waals surface area (Å²) in [6.45, 7) is 4.36. The third-order valence-electron chi connectivity index (χ3n) is 5.29. The zero-order chi connectivity index (χ0) is 18.3. The van der Waals surface area contributed by atoms with Crippen LogP contribution >= 0.6 is 11.6 Å². The molecule has 1 aliphatic rings. The van der Waals surface area contributed by atoms with Gasteiger partial charge in [0.2, 0.25) is 5.28 Å². The maximum atomic E-state index is 9.76. The van der Waals surface area contributed by atoms with E-state index in [1.807, 2.05) is 10.9 Å². The molecule has 26 heavy (non-hydrogen) atoms. The van der Waals surface area contributed by atoms with Gasteiger partial charge in [0.15, 0.2) is 5.65 Å². The molecule has 0 unspecified atom stereocenters. The summed E-state index contributed by atoms with van der Waals surface area (Å²) in [6.07, 6.45) is 5.04. The minimum atomic E-state index is -0.193. The molecule has 1 fully saturated rings. The van der Waals surface area contributed by atoms with Gasteiger partial charge in [-0.25, -0.2) is 9.67 Å². The largest absolute Gasteiger partial charge is 0.393 e. The van der Waals surface area contributed by atoms with E-state index in [9.17, 15) is 5.11 Å². The van der Waals surface area contributed by atoms with Gasteiger partial charge in [-0.3, -0.25) is 0 Å². The number of benzene rings is 1. The molecule has 3 aromatic rings. The van der Waals surface area contributed by atoms with Crippen LogP contribution in [0, 0.1) is 0 Å². The van der Waals surface area contributed by atoms with Gasteiger partial charge in [-0.1, -0.05) is 38.1 Å². The van der Waals surface area contributed by atoms with E-state index in [1.54, 1.807) is 0 Å². The van der Waals surface area contributed by atoms with Crippen LogP contribution in [0.4, 0.5) is 0 Å². The predicted octanol–water partition coefficient (Wildman–Crippen LogP) is 4.75. The number of nitrogens with zero attached hydrogens (tertiary/aromatic N) is 4. The fraction of sp³-hybridized carbons (Fsp3) is 0.450. The molecule has 0 amide bonds. The van der Waals surface area contributed by atoms with Crippen molar-refractivity contribution in [3.05, 3.63) is 41.3 Å². The summed E-state index contributed by atoms with van der Waals surface area (Å²) >= 11 is 6.24. The molecule has 1 aromatic carbocycles. The Morgan fingerprint density at radius 2 is 1.77 bits per heavy atom. The molecule has 1 saturated carbocycles. The summed E-state index contributed by atoms with van der Waals surface area (Å²) in [5.41, 5.74) is 3.90. The average Bonchev–Trinajstić information content (AvgIpc) is 3.05. The first-order chi connectivity index (χ1) is 12.5. The minimum absolute atomic E-state index is 0.193. The first kappa shape index (κ1) is 17.4. The van der Waals surface area contributed by atoms with Gasteiger partial charge in [0.05, 0.1) is 29.4 Å². The highest BCUT2D eigenvalue weighted by Gasteiger charge is 2.24. The Hall–Kier alpha value is -1.98. The Balaban J connectivity index is 1.76. The zero-order valence-electron chi connectivity index (χ0n) is 15.1. The van der Waals surface area contributed by atoms with Crippen molar-refractivity contribution in [2.24, 2.45) is 0 Å². The fourth-order valence-electron chi connectivity index (χ4n) is 3.72. The molecule has 2 aromatic heterocycles. The van der Waals surface area contributed by atoms with E-state index in [0.717, 1.165) is 48.0 Å². The molecule has 1 aliphatic carbocycles. The van der Waals surface area contributed by atoms with Crippen LogP contribution in [-0.2, 0) is 0 Å². The molecule has 0 spiro atoms. The van der Waals surface area contributed by atoms with E-state index in [-0.39, 0.29) is 17.4 Å². The van der Waals surface area contributed by atoms with Crippen LogP contribution in [0.1, 0.15) is 57.1 Å². The van der Waals surface area contributed by atoms with Crippen molar-refractivity contribution in [2.75, 3.05) is 0 Å². The van der Waals surface area contributed by atoms with E-state index in [2.05, 4.69) is 53.2 Å². The topological polar surface area (TPSA) is 63.8 Å². The van der Waals surface area contributed by atoms with Gasteiger partial charge < -0.3 is 5.11 Å². The number of fused-ring (bicyclic) bond motifs is 1. The number of aromatic nitrogens is 4. The Kier molecular flexibility index (Phi) is 4.67. The van der Waals surface area contributed by atoms with Gasteiger partial charge in [-0.15, -0.1) is 0 Å². The maximum absolute atomic E-state index is 9.76. The first-order valence-electron chi connectivity index (χ1n) is 9.22. The summed E-state index contributed by atoms with van der Waals surface area (Å²) in [5.74, 6) is 0.488. The van der Waals surface area contributed by atoms with E-state index >= 15 is 0 Å². The molecule has 6 heteroatoms. The van der Waals surface area contributed by atoms with Crippen LogP contribution in [0.15, 0.2) is 30.5 Å². The third-order valence-corrected chi connectivity index (χ3v) is 5.46. The molecule has 0 atom stereocenters. The Morgan fingerprint density at radius 3 is 2.42 bits per heavy atom. The normalized spacial score (nSPS) is 20.8. The summed E-state index contributed by atoms with van der Waals surface area (Å²) in [7, 11) is 0. The molecule has 0 saturated heterocycles. The second-order valence-electron chi connectivity index (χ2n) is 7.41. The number of hydrogen-bond acceptors (Lipinski definition) is 4. The van der Waals surface area contributed by atoms with Gasteiger partial charge in [0.25, 0.3) is 0 Å². The van der Waals surface area contributed by atoms with E-state index in [1.165, 1.54) is 5.56 Å². The molecule has 4 rings (SSSR count). The number of aliphatic hydroxyl groups is 1. The van der Waals surface area contributed by atoms with Gasteiger partial charge in [0.1, 0.15) is 0 Å². The standard InChI is InChI=1S/C20H23ClN4O/c1-12(2)13-3-5-14(6-4-13)18-17-11-22-25(19(17)24-20(21)23-18)15-7-9-16(26)10-8-15/h3-6,11-12,15-16,26H,7-10H2,1-2H3. The van der Waals surface area contributed by atoms with Crippen LogP contribution in [0.2, 0.25) is 5.28 Å². The third kappa shape index (κ3) is 3.21. The molecule has 0 radical (unpaired) electrons. The first-order valence-corrected chi connectivity index (χ1v) is 9.60. The van der Waals surface area contributed by atoms with Crippen molar-refractivity contribution in [1.29, 1.82) is 0 Å². The van der Waals surface area contributed by atoms with Gasteiger partial charge in [0, 0.05) is 5.56 Å². The lowest BCUT2D eigenvalue weighted by Gasteiger charge is -2.25. The van der Waals surface area contributed by atoms with Crippen LogP contribution in [0.3, 0.4) is 0 Å². The Bertz CT molecular complexity index is 911. The summed E-state index contributed by atoms with van der Waals surface area (Å²) in [4.78, 5) is 8.93. The van der Waals surface area contributed by atoms with Crippen LogP contribution in [0.5, 0.6) is 0 Å². The second kappa shape index (κ2) is 6.97. The van der Waals surface area contributed by atoms with Gasteiger partial charge in [-0.2, -0.15) is 10.1 Å². The Labute approximate surface area is 158 Å². The zero-order valence-corrected chi connectivity index (χ0v) is 15.8. The lowest BCUT2D eigenvalue weighted by atomic mass is 9.93. The summed E-state index contributed by atoms with van der Waals surface area (Å²) in [5, 5.41) is 15.5. The van der Waals surface area contributed by atoms with Crippen molar-refractivity contribution in [1.82, 2.24) is 19.7 Å². The molecular weight excluding hydrogens is 348 g/mol. The molecular formula is C20H23ClN4O. The lowest BCUT2D eigenvalue weighted by molar-refractivity contribution is 0.109. The molecule has 2 heterocycles. The summed E-state index contributed by atoms with van der Waals surface area (Å²) < 4.78 is 1.96. The van der Waals surface area contributed by atoms with Gasteiger partial charge >= 0.3 is 0 Å². The second-order valence-corrected chi connectivity index (χ2v) is 7.74. The number of hydrogen-bond donors (Lipinski definition) is 1. The van der Waals surface area contributed by atoms with Crippen molar-refractivity contribution in [3.8, 4) is 11.3 Å². The van der Waals surface area contributed by atoms with E-state index in [0.29, 0.717) is 5.92 Å². The number of rotatable bonds is 3. The van der Waals surface area contributed by atoms with Crippen molar-refractivity contribution >= 4 is 22.6 Å². The van der Waals surface area contributed by atoms with Crippen LogP contribution in [0.25, 0.3) is 22.3 Å². The monoisotopic (exact) mass is 370 g/mol. The molecule has 1 N–H and O–H groups in total. The van der Waals surface area contributed by atoms with Crippen LogP contribution in [-0.4, -0.2) is 31.0 Å². The van der Waals surface area contributed by atoms with E-state index in [4.69, 9.17) is 11.6 Å². The molecule has 136 valence electrons. The quantitative estimate of drug-likeness (QED) is 0.676. The predicted molar refractivity (Wildman–Crippen MR) is 103 cm³/mol. The SMILES string of the molecule is CC(C)c1ccc(-c2nc(Cl)nc3c2cnn3C2CCC(O)CC2)cc1. The Morgan fingerprint density at radius 1 is 1.08 bits per heavy atom. The highest BCUT2D eigenvalue weighted by atomic mass is 35.5. The van der Waals surface area contributed by atoms with E-state index < -0.39 is 0 Å². The highest BCUT2D eigenvalue weighted by Crippen LogP contribution is 2.33. The number of aliphatic hydroxyl groups excluding tert-OH is 1. The number of halogens is 1. The highest BCUT2D eigenvalue weighted by molar-refractivity contribution is 6.28. The maximum Gasteiger partial charge on any atom is 0.225 e. The van der Waals surface area contributed by atoms with Crippen molar-refractivity contribution in [3.63, 3.8) is 0 Å². The fourth-order valence-corrected chi connectivity index (χ4v) is 3.88. The summed E-state index contributed by atoms with van der Waals surface area (Å²) in [6, 6.07) is 8.69.